The average molecular weight is 351 g/mol. The van der Waals surface area contributed by atoms with Crippen molar-refractivity contribution < 1.29 is 13.6 Å². The second kappa shape index (κ2) is 7.36. The van der Waals surface area contributed by atoms with Crippen LogP contribution in [0.3, 0.4) is 0 Å². The molecule has 6 nitrogen and oxygen atoms in total. The normalized spacial score (nSPS) is 10.0. The van der Waals surface area contributed by atoms with Crippen LogP contribution in [0.15, 0.2) is 54.7 Å². The van der Waals surface area contributed by atoms with Crippen molar-refractivity contribution in [2.45, 2.75) is 0 Å². The fourth-order valence-corrected chi connectivity index (χ4v) is 2.15. The molecule has 0 atom stereocenters. The largest absolute Gasteiger partial charge is 0.323 e. The van der Waals surface area contributed by atoms with Crippen LogP contribution >= 0.6 is 0 Å². The van der Waals surface area contributed by atoms with Crippen LogP contribution in [0.2, 0.25) is 0 Å². The fraction of sp³-hybridized carbons (Fsp3) is 0. The predicted molar refractivity (Wildman–Crippen MR) is 90.8 cm³/mol. The van der Waals surface area contributed by atoms with Gasteiger partial charge in [0.2, 0.25) is 5.95 Å². The van der Waals surface area contributed by atoms with Gasteiger partial charge in [-0.25, -0.2) is 18.7 Å². The number of nitriles is 1. The lowest BCUT2D eigenvalue weighted by Gasteiger charge is -2.09. The number of anilines is 3. The van der Waals surface area contributed by atoms with E-state index in [1.165, 1.54) is 18.3 Å². The first-order valence-electron chi connectivity index (χ1n) is 7.43. The van der Waals surface area contributed by atoms with Crippen molar-refractivity contribution in [3.8, 4) is 6.07 Å². The molecular formula is C18H11F2N5O. The zero-order chi connectivity index (χ0) is 18.5. The molecular weight excluding hydrogens is 340 g/mol. The van der Waals surface area contributed by atoms with Crippen molar-refractivity contribution in [2.75, 3.05) is 10.6 Å². The van der Waals surface area contributed by atoms with Gasteiger partial charge in [-0.1, -0.05) is 18.2 Å². The van der Waals surface area contributed by atoms with E-state index in [4.69, 9.17) is 5.26 Å². The maximum atomic E-state index is 13.6. The van der Waals surface area contributed by atoms with E-state index in [1.54, 1.807) is 24.3 Å². The van der Waals surface area contributed by atoms with E-state index >= 15 is 0 Å². The molecule has 2 N–H and O–H groups in total. The van der Waals surface area contributed by atoms with Gasteiger partial charge in [-0.15, -0.1) is 0 Å². The summed E-state index contributed by atoms with van der Waals surface area (Å²) < 4.78 is 27.3. The summed E-state index contributed by atoms with van der Waals surface area (Å²) in [5, 5.41) is 14.1. The lowest BCUT2D eigenvalue weighted by Crippen LogP contribution is -2.16. The minimum Gasteiger partial charge on any atom is -0.323 e. The van der Waals surface area contributed by atoms with Gasteiger partial charge < -0.3 is 10.6 Å². The molecule has 0 aliphatic heterocycles. The van der Waals surface area contributed by atoms with E-state index in [2.05, 4.69) is 20.6 Å². The predicted octanol–water partition coefficient (Wildman–Crippen LogP) is 3.62. The van der Waals surface area contributed by atoms with Crippen LogP contribution in [0.25, 0.3) is 0 Å². The van der Waals surface area contributed by atoms with Crippen LogP contribution in [0.4, 0.5) is 26.1 Å². The highest BCUT2D eigenvalue weighted by molar-refractivity contribution is 6.03. The molecule has 128 valence electrons. The number of para-hydroxylation sites is 2. The van der Waals surface area contributed by atoms with Gasteiger partial charge in [-0.3, -0.25) is 4.79 Å². The van der Waals surface area contributed by atoms with Crippen LogP contribution in [0.5, 0.6) is 0 Å². The number of carbonyl (C=O) groups is 1. The molecule has 8 heteroatoms. The zero-order valence-corrected chi connectivity index (χ0v) is 13.2. The highest BCUT2D eigenvalue weighted by Gasteiger charge is 2.15. The summed E-state index contributed by atoms with van der Waals surface area (Å²) in [7, 11) is 0. The van der Waals surface area contributed by atoms with Gasteiger partial charge in [0.05, 0.1) is 11.3 Å². The van der Waals surface area contributed by atoms with Gasteiger partial charge in [0.15, 0.2) is 0 Å². The van der Waals surface area contributed by atoms with Crippen LogP contribution in [0, 0.1) is 23.0 Å². The standard InChI is InChI=1S/C18H11F2N5O/c19-12-5-3-6-13(20)16(12)25-17(26)15-8-9-22-18(24-15)23-14-7-2-1-4-11(14)10-21/h1-9H,(H,25,26)(H,22,23,24). The molecule has 3 aromatic rings. The van der Waals surface area contributed by atoms with E-state index in [0.717, 1.165) is 12.1 Å². The van der Waals surface area contributed by atoms with Gasteiger partial charge >= 0.3 is 0 Å². The number of aromatic nitrogens is 2. The average Bonchev–Trinajstić information content (AvgIpc) is 2.65. The summed E-state index contributed by atoms with van der Waals surface area (Å²) in [5.41, 5.74) is 0.187. The summed E-state index contributed by atoms with van der Waals surface area (Å²) in [4.78, 5) is 20.2. The first-order chi connectivity index (χ1) is 12.6. The van der Waals surface area contributed by atoms with Crippen LogP contribution in [-0.2, 0) is 0 Å². The molecule has 2 aromatic carbocycles. The first-order valence-corrected chi connectivity index (χ1v) is 7.43. The van der Waals surface area contributed by atoms with Crippen LogP contribution in [0.1, 0.15) is 16.1 Å². The van der Waals surface area contributed by atoms with Gasteiger partial charge in [0.25, 0.3) is 5.91 Å². The zero-order valence-electron chi connectivity index (χ0n) is 13.2. The van der Waals surface area contributed by atoms with Gasteiger partial charge in [0.1, 0.15) is 29.1 Å². The Morgan fingerprint density at radius 1 is 1.04 bits per heavy atom. The number of amides is 1. The van der Waals surface area contributed by atoms with Crippen LogP contribution in [-0.4, -0.2) is 15.9 Å². The Morgan fingerprint density at radius 2 is 1.77 bits per heavy atom. The summed E-state index contributed by atoms with van der Waals surface area (Å²) >= 11 is 0. The molecule has 0 saturated heterocycles. The maximum Gasteiger partial charge on any atom is 0.274 e. The molecule has 26 heavy (non-hydrogen) atoms. The minimum absolute atomic E-state index is 0.0642. The van der Waals surface area contributed by atoms with E-state index < -0.39 is 23.2 Å². The molecule has 0 radical (unpaired) electrons. The quantitative estimate of drug-likeness (QED) is 0.749. The summed E-state index contributed by atoms with van der Waals surface area (Å²) in [6.45, 7) is 0. The first kappa shape index (κ1) is 17.0. The topological polar surface area (TPSA) is 90.7 Å². The SMILES string of the molecule is N#Cc1ccccc1Nc1nccc(C(=O)Nc2c(F)cccc2F)n1. The number of hydrogen-bond acceptors (Lipinski definition) is 5. The number of carbonyl (C=O) groups excluding carboxylic acids is 1. The fourth-order valence-electron chi connectivity index (χ4n) is 2.15. The number of nitrogens with zero attached hydrogens (tertiary/aromatic N) is 3. The summed E-state index contributed by atoms with van der Waals surface area (Å²) in [5.74, 6) is -2.52. The van der Waals surface area contributed by atoms with Crippen molar-refractivity contribution in [2.24, 2.45) is 0 Å². The Bertz CT molecular complexity index is 996. The second-order valence-corrected chi connectivity index (χ2v) is 5.10. The highest BCUT2D eigenvalue weighted by Crippen LogP contribution is 2.20. The van der Waals surface area contributed by atoms with E-state index in [-0.39, 0.29) is 11.6 Å². The smallest absolute Gasteiger partial charge is 0.274 e. The van der Waals surface area contributed by atoms with Crippen molar-refractivity contribution in [3.05, 3.63) is 77.6 Å². The Labute approximate surface area is 147 Å². The van der Waals surface area contributed by atoms with Gasteiger partial charge in [-0.05, 0) is 30.3 Å². The third-order valence-corrected chi connectivity index (χ3v) is 3.38. The molecule has 0 bridgehead atoms. The van der Waals surface area contributed by atoms with Crippen molar-refractivity contribution >= 4 is 23.2 Å². The number of rotatable bonds is 4. The Hall–Kier alpha value is -3.86. The molecule has 0 fully saturated rings. The minimum atomic E-state index is -0.895. The third kappa shape index (κ3) is 3.62. The van der Waals surface area contributed by atoms with Crippen LogP contribution < -0.4 is 10.6 Å². The van der Waals surface area contributed by atoms with E-state index in [0.29, 0.717) is 11.3 Å². The van der Waals surface area contributed by atoms with Gasteiger partial charge in [0, 0.05) is 6.20 Å². The molecule has 0 spiro atoms. The number of nitrogens with one attached hydrogen (secondary N) is 2. The number of halogens is 2. The molecule has 0 aliphatic rings. The summed E-state index contributed by atoms with van der Waals surface area (Å²) in [6.07, 6.45) is 1.32. The van der Waals surface area contributed by atoms with Crippen molar-refractivity contribution in [3.63, 3.8) is 0 Å². The Morgan fingerprint density at radius 3 is 2.50 bits per heavy atom. The second-order valence-electron chi connectivity index (χ2n) is 5.10. The molecule has 1 amide bonds. The Kier molecular flexibility index (Phi) is 4.80. The lowest BCUT2D eigenvalue weighted by atomic mass is 10.2. The number of hydrogen-bond donors (Lipinski definition) is 2. The highest BCUT2D eigenvalue weighted by atomic mass is 19.1. The van der Waals surface area contributed by atoms with Gasteiger partial charge in [-0.2, -0.15) is 5.26 Å². The third-order valence-electron chi connectivity index (χ3n) is 3.38. The summed E-state index contributed by atoms with van der Waals surface area (Å²) in [6, 6.07) is 13.3. The molecule has 1 heterocycles. The Balaban J connectivity index is 1.83. The molecule has 0 saturated carbocycles. The molecule has 3 rings (SSSR count). The molecule has 0 unspecified atom stereocenters. The number of benzene rings is 2. The molecule has 0 aliphatic carbocycles. The lowest BCUT2D eigenvalue weighted by molar-refractivity contribution is 0.102. The molecule has 1 aromatic heterocycles. The monoisotopic (exact) mass is 351 g/mol. The van der Waals surface area contributed by atoms with E-state index in [9.17, 15) is 13.6 Å². The van der Waals surface area contributed by atoms with E-state index in [1.807, 2.05) is 6.07 Å². The van der Waals surface area contributed by atoms with Crippen molar-refractivity contribution in [1.82, 2.24) is 9.97 Å². The van der Waals surface area contributed by atoms with Crippen molar-refractivity contribution in [1.29, 1.82) is 5.26 Å². The maximum absolute atomic E-state index is 13.6.